The Morgan fingerprint density at radius 3 is 2.75 bits per heavy atom. The Bertz CT molecular complexity index is 467. The van der Waals surface area contributed by atoms with E-state index in [-0.39, 0.29) is 11.0 Å². The molecule has 0 amide bonds. The van der Waals surface area contributed by atoms with Gasteiger partial charge in [0, 0.05) is 6.54 Å². The van der Waals surface area contributed by atoms with E-state index in [0.717, 1.165) is 19.5 Å². The molecule has 0 saturated carbocycles. The maximum Gasteiger partial charge on any atom is 0.241 e. The van der Waals surface area contributed by atoms with Crippen LogP contribution in [0.5, 0.6) is 5.75 Å². The van der Waals surface area contributed by atoms with Crippen molar-refractivity contribution in [2.24, 2.45) is 5.14 Å². The molecule has 0 spiro atoms. The maximum atomic E-state index is 11.3. The van der Waals surface area contributed by atoms with Gasteiger partial charge in [-0.3, -0.25) is 0 Å². The Labute approximate surface area is 94.6 Å². The third-order valence-electron chi connectivity index (χ3n) is 2.46. The number of hydrogen-bond donors (Lipinski definition) is 2. The first-order valence-corrected chi connectivity index (χ1v) is 6.61. The van der Waals surface area contributed by atoms with Crippen LogP contribution in [0, 0.1) is 0 Å². The Balaban J connectivity index is 2.26. The number of para-hydroxylation sites is 1. The van der Waals surface area contributed by atoms with Crippen molar-refractivity contribution >= 4 is 10.0 Å². The smallest absolute Gasteiger partial charge is 0.241 e. The van der Waals surface area contributed by atoms with Gasteiger partial charge in [0.1, 0.15) is 16.7 Å². The average molecular weight is 242 g/mol. The van der Waals surface area contributed by atoms with E-state index in [1.54, 1.807) is 18.2 Å². The van der Waals surface area contributed by atoms with Crippen LogP contribution in [0.4, 0.5) is 0 Å². The number of rotatable bonds is 3. The lowest BCUT2D eigenvalue weighted by molar-refractivity contribution is 0.217. The van der Waals surface area contributed by atoms with Gasteiger partial charge in [-0.1, -0.05) is 12.1 Å². The van der Waals surface area contributed by atoms with Crippen molar-refractivity contribution in [2.75, 3.05) is 13.1 Å². The second-order valence-electron chi connectivity index (χ2n) is 3.72. The number of nitrogens with two attached hydrogens (primary N) is 1. The summed E-state index contributed by atoms with van der Waals surface area (Å²) in [4.78, 5) is 0.0434. The topological polar surface area (TPSA) is 81.4 Å². The summed E-state index contributed by atoms with van der Waals surface area (Å²) in [6.45, 7) is 1.63. The highest BCUT2D eigenvalue weighted by Crippen LogP contribution is 2.24. The van der Waals surface area contributed by atoms with Crippen LogP contribution in [0.2, 0.25) is 0 Å². The monoisotopic (exact) mass is 242 g/mol. The minimum Gasteiger partial charge on any atom is -0.488 e. The molecule has 5 nitrogen and oxygen atoms in total. The summed E-state index contributed by atoms with van der Waals surface area (Å²) in [7, 11) is -3.72. The number of benzene rings is 1. The highest BCUT2D eigenvalue weighted by Gasteiger charge is 2.20. The van der Waals surface area contributed by atoms with Gasteiger partial charge in [0.05, 0.1) is 0 Å². The minimum absolute atomic E-state index is 0.0166. The van der Waals surface area contributed by atoms with Gasteiger partial charge < -0.3 is 10.1 Å². The molecule has 1 aliphatic heterocycles. The van der Waals surface area contributed by atoms with Crippen molar-refractivity contribution < 1.29 is 13.2 Å². The molecular formula is C10H14N2O3S. The maximum absolute atomic E-state index is 11.3. The summed E-state index contributed by atoms with van der Waals surface area (Å²) in [6, 6.07) is 6.43. The Morgan fingerprint density at radius 2 is 2.12 bits per heavy atom. The van der Waals surface area contributed by atoms with Crippen molar-refractivity contribution in [3.8, 4) is 5.75 Å². The molecule has 1 atom stereocenters. The van der Waals surface area contributed by atoms with Crippen LogP contribution in [0.1, 0.15) is 6.42 Å². The lowest BCUT2D eigenvalue weighted by atomic mass is 10.3. The summed E-state index contributed by atoms with van der Waals surface area (Å²) in [6.07, 6.45) is 0.891. The van der Waals surface area contributed by atoms with Crippen molar-refractivity contribution in [3.63, 3.8) is 0 Å². The molecule has 1 fully saturated rings. The van der Waals surface area contributed by atoms with Crippen molar-refractivity contribution in [1.82, 2.24) is 5.32 Å². The highest BCUT2D eigenvalue weighted by atomic mass is 32.2. The fourth-order valence-electron chi connectivity index (χ4n) is 1.69. The molecule has 1 heterocycles. The van der Waals surface area contributed by atoms with Crippen LogP contribution in [0.25, 0.3) is 0 Å². The van der Waals surface area contributed by atoms with Crippen LogP contribution in [-0.4, -0.2) is 27.6 Å². The third kappa shape index (κ3) is 2.52. The SMILES string of the molecule is NS(=O)(=O)c1ccccc1OC1CCNC1. The lowest BCUT2D eigenvalue weighted by Gasteiger charge is -2.14. The first kappa shape index (κ1) is 11.4. The lowest BCUT2D eigenvalue weighted by Crippen LogP contribution is -2.21. The molecule has 1 unspecified atom stereocenters. The number of primary sulfonamides is 1. The molecule has 3 N–H and O–H groups in total. The van der Waals surface area contributed by atoms with E-state index in [2.05, 4.69) is 5.32 Å². The standard InChI is InChI=1S/C10H14N2O3S/c11-16(13,14)10-4-2-1-3-9(10)15-8-5-6-12-7-8/h1-4,8,12H,5-7H2,(H2,11,13,14). The number of nitrogens with one attached hydrogen (secondary N) is 1. The summed E-state index contributed by atoms with van der Waals surface area (Å²) in [5, 5.41) is 8.25. The van der Waals surface area contributed by atoms with Crippen LogP contribution in [0.3, 0.4) is 0 Å². The van der Waals surface area contributed by atoms with Crippen LogP contribution < -0.4 is 15.2 Å². The van der Waals surface area contributed by atoms with Gasteiger partial charge in [-0.2, -0.15) is 0 Å². The fraction of sp³-hybridized carbons (Fsp3) is 0.400. The van der Waals surface area contributed by atoms with Gasteiger partial charge in [-0.05, 0) is 25.1 Å². The summed E-state index contributed by atoms with van der Waals surface area (Å²) in [5.41, 5.74) is 0. The van der Waals surface area contributed by atoms with Gasteiger partial charge in [-0.25, -0.2) is 13.6 Å². The average Bonchev–Trinajstić information content (AvgIpc) is 2.70. The molecule has 0 bridgehead atoms. The molecular weight excluding hydrogens is 228 g/mol. The zero-order valence-electron chi connectivity index (χ0n) is 8.72. The second kappa shape index (κ2) is 4.40. The van der Waals surface area contributed by atoms with E-state index in [4.69, 9.17) is 9.88 Å². The number of hydrogen-bond acceptors (Lipinski definition) is 4. The molecule has 0 aromatic heterocycles. The third-order valence-corrected chi connectivity index (χ3v) is 3.41. The molecule has 1 aromatic carbocycles. The minimum atomic E-state index is -3.72. The van der Waals surface area contributed by atoms with E-state index >= 15 is 0 Å². The van der Waals surface area contributed by atoms with Crippen LogP contribution in [0.15, 0.2) is 29.2 Å². The summed E-state index contributed by atoms with van der Waals surface area (Å²) >= 11 is 0. The van der Waals surface area contributed by atoms with E-state index in [1.807, 2.05) is 0 Å². The predicted octanol–water partition coefficient (Wildman–Crippen LogP) is 0.0747. The van der Waals surface area contributed by atoms with E-state index in [9.17, 15) is 8.42 Å². The molecule has 2 rings (SSSR count). The first-order chi connectivity index (χ1) is 7.57. The van der Waals surface area contributed by atoms with Crippen LogP contribution >= 0.6 is 0 Å². The Morgan fingerprint density at radius 1 is 1.38 bits per heavy atom. The van der Waals surface area contributed by atoms with Crippen molar-refractivity contribution in [2.45, 2.75) is 17.4 Å². The Kier molecular flexibility index (Phi) is 3.13. The summed E-state index contributed by atoms with van der Waals surface area (Å²) < 4.78 is 28.2. The number of sulfonamides is 1. The number of ether oxygens (including phenoxy) is 1. The molecule has 16 heavy (non-hydrogen) atoms. The van der Waals surface area contributed by atoms with Gasteiger partial charge in [0.15, 0.2) is 0 Å². The quantitative estimate of drug-likeness (QED) is 0.786. The molecule has 6 heteroatoms. The molecule has 88 valence electrons. The first-order valence-electron chi connectivity index (χ1n) is 5.06. The van der Waals surface area contributed by atoms with Gasteiger partial charge in [0.25, 0.3) is 0 Å². The predicted molar refractivity (Wildman–Crippen MR) is 59.7 cm³/mol. The largest absolute Gasteiger partial charge is 0.488 e. The van der Waals surface area contributed by atoms with E-state index in [0.29, 0.717) is 5.75 Å². The van der Waals surface area contributed by atoms with Crippen molar-refractivity contribution in [3.05, 3.63) is 24.3 Å². The summed E-state index contributed by atoms with van der Waals surface area (Å²) in [5.74, 6) is 0.332. The molecule has 0 aliphatic carbocycles. The van der Waals surface area contributed by atoms with Gasteiger partial charge in [-0.15, -0.1) is 0 Å². The second-order valence-corrected chi connectivity index (χ2v) is 5.25. The molecule has 1 aromatic rings. The van der Waals surface area contributed by atoms with E-state index < -0.39 is 10.0 Å². The van der Waals surface area contributed by atoms with Crippen LogP contribution in [-0.2, 0) is 10.0 Å². The molecule has 0 radical (unpaired) electrons. The molecule has 1 saturated heterocycles. The normalized spacial score (nSPS) is 20.9. The highest BCUT2D eigenvalue weighted by molar-refractivity contribution is 7.89. The van der Waals surface area contributed by atoms with Gasteiger partial charge >= 0.3 is 0 Å². The fourth-order valence-corrected chi connectivity index (χ4v) is 2.36. The Hall–Kier alpha value is -1.11. The molecule has 1 aliphatic rings. The van der Waals surface area contributed by atoms with Gasteiger partial charge in [0.2, 0.25) is 10.0 Å². The van der Waals surface area contributed by atoms with E-state index in [1.165, 1.54) is 6.07 Å². The zero-order valence-corrected chi connectivity index (χ0v) is 9.53. The zero-order chi connectivity index (χ0) is 11.6. The van der Waals surface area contributed by atoms with Crippen molar-refractivity contribution in [1.29, 1.82) is 0 Å².